The lowest BCUT2D eigenvalue weighted by Crippen LogP contribution is -2.48. The molecule has 0 atom stereocenters. The van der Waals surface area contributed by atoms with E-state index < -0.39 is 0 Å². The van der Waals surface area contributed by atoms with Gasteiger partial charge in [0.05, 0.1) is 13.1 Å². The van der Waals surface area contributed by atoms with Crippen LogP contribution in [-0.2, 0) is 9.59 Å². The van der Waals surface area contributed by atoms with Gasteiger partial charge in [0, 0.05) is 19.1 Å². The molecule has 2 N–H and O–H groups in total. The zero-order chi connectivity index (χ0) is 15.2. The van der Waals surface area contributed by atoms with E-state index in [-0.39, 0.29) is 18.4 Å². The van der Waals surface area contributed by atoms with Crippen LogP contribution in [0, 0.1) is 0 Å². The Bertz CT molecular complexity index is 365. The molecule has 2 rings (SSSR count). The molecule has 0 radical (unpaired) electrons. The van der Waals surface area contributed by atoms with Crippen LogP contribution in [0.4, 0.5) is 0 Å². The number of carbonyl (C=O) groups excluding carboxylic acids is 2. The molecule has 1 aliphatic heterocycles. The van der Waals surface area contributed by atoms with E-state index in [2.05, 4.69) is 22.5 Å². The fraction of sp³-hybridized carbons (Fsp3) is 0.867. The predicted molar refractivity (Wildman–Crippen MR) is 81.9 cm³/mol. The smallest absolute Gasteiger partial charge is 0.239 e. The summed E-state index contributed by atoms with van der Waals surface area (Å²) in [5, 5.41) is 6.26. The zero-order valence-electron chi connectivity index (χ0n) is 13.2. The average molecular weight is 296 g/mol. The molecule has 0 aromatic heterocycles. The van der Waals surface area contributed by atoms with Crippen molar-refractivity contribution in [2.75, 3.05) is 39.8 Å². The fourth-order valence-corrected chi connectivity index (χ4v) is 2.77. The van der Waals surface area contributed by atoms with E-state index in [1.54, 1.807) is 11.9 Å². The van der Waals surface area contributed by atoms with Gasteiger partial charge in [-0.05, 0) is 45.3 Å². The normalized spacial score (nSPS) is 19.6. The molecule has 2 fully saturated rings. The van der Waals surface area contributed by atoms with Crippen molar-refractivity contribution in [1.29, 1.82) is 0 Å². The van der Waals surface area contributed by atoms with Gasteiger partial charge in [-0.15, -0.1) is 0 Å². The molecule has 6 heteroatoms. The number of rotatable bonds is 7. The molecule has 1 aliphatic carbocycles. The van der Waals surface area contributed by atoms with Crippen LogP contribution in [-0.4, -0.2) is 73.5 Å². The van der Waals surface area contributed by atoms with Gasteiger partial charge in [0.2, 0.25) is 11.8 Å². The van der Waals surface area contributed by atoms with Crippen LogP contribution < -0.4 is 10.6 Å². The van der Waals surface area contributed by atoms with E-state index in [9.17, 15) is 9.59 Å². The number of piperidine rings is 1. The highest BCUT2D eigenvalue weighted by Crippen LogP contribution is 2.18. The van der Waals surface area contributed by atoms with Gasteiger partial charge in [-0.2, -0.15) is 0 Å². The molecule has 2 amide bonds. The number of amides is 2. The Labute approximate surface area is 127 Å². The first kappa shape index (κ1) is 16.2. The van der Waals surface area contributed by atoms with Crippen molar-refractivity contribution in [3.05, 3.63) is 0 Å². The topological polar surface area (TPSA) is 64.7 Å². The van der Waals surface area contributed by atoms with E-state index in [1.807, 2.05) is 0 Å². The molecule has 0 bridgehead atoms. The standard InChI is InChI=1S/C15H28N4O2/c1-3-19(13-6-8-16-9-7-13)11-15(21)18(2)10-14(20)17-12-4-5-12/h12-13,16H,3-11H2,1-2H3,(H,17,20). The molecule has 1 heterocycles. The van der Waals surface area contributed by atoms with Crippen LogP contribution in [0.5, 0.6) is 0 Å². The Hall–Kier alpha value is -1.14. The maximum atomic E-state index is 12.3. The van der Waals surface area contributed by atoms with Crippen molar-refractivity contribution in [2.45, 2.75) is 44.7 Å². The minimum Gasteiger partial charge on any atom is -0.352 e. The second-order valence-electron chi connectivity index (χ2n) is 6.14. The summed E-state index contributed by atoms with van der Waals surface area (Å²) in [5.41, 5.74) is 0. The third-order valence-corrected chi connectivity index (χ3v) is 4.32. The largest absolute Gasteiger partial charge is 0.352 e. The van der Waals surface area contributed by atoms with Gasteiger partial charge in [0.15, 0.2) is 0 Å². The van der Waals surface area contributed by atoms with E-state index in [4.69, 9.17) is 0 Å². The van der Waals surface area contributed by atoms with Gasteiger partial charge in [0.25, 0.3) is 0 Å². The summed E-state index contributed by atoms with van der Waals surface area (Å²) in [6, 6.07) is 0.830. The highest BCUT2D eigenvalue weighted by atomic mass is 16.2. The maximum absolute atomic E-state index is 12.3. The molecular weight excluding hydrogens is 268 g/mol. The van der Waals surface area contributed by atoms with Crippen molar-refractivity contribution in [3.8, 4) is 0 Å². The minimum absolute atomic E-state index is 0.0290. The number of carbonyl (C=O) groups is 2. The molecular formula is C15H28N4O2. The quantitative estimate of drug-likeness (QED) is 0.683. The summed E-state index contributed by atoms with van der Waals surface area (Å²) in [6.07, 6.45) is 4.32. The van der Waals surface area contributed by atoms with Gasteiger partial charge in [0.1, 0.15) is 0 Å². The van der Waals surface area contributed by atoms with E-state index in [0.717, 1.165) is 45.3 Å². The van der Waals surface area contributed by atoms with Crippen molar-refractivity contribution >= 4 is 11.8 Å². The highest BCUT2D eigenvalue weighted by Gasteiger charge is 2.26. The molecule has 21 heavy (non-hydrogen) atoms. The average Bonchev–Trinajstić information content (AvgIpc) is 3.29. The summed E-state index contributed by atoms with van der Waals surface area (Å²) in [4.78, 5) is 27.8. The fourth-order valence-electron chi connectivity index (χ4n) is 2.77. The second-order valence-corrected chi connectivity index (χ2v) is 6.14. The molecule has 120 valence electrons. The summed E-state index contributed by atoms with van der Waals surface area (Å²) in [6.45, 7) is 5.59. The van der Waals surface area contributed by atoms with Crippen LogP contribution in [0.15, 0.2) is 0 Å². The number of hydrogen-bond acceptors (Lipinski definition) is 4. The number of likely N-dealkylation sites (N-methyl/N-ethyl adjacent to an activating group) is 2. The van der Waals surface area contributed by atoms with E-state index in [1.165, 1.54) is 0 Å². The maximum Gasteiger partial charge on any atom is 0.239 e. The van der Waals surface area contributed by atoms with E-state index >= 15 is 0 Å². The van der Waals surface area contributed by atoms with E-state index in [0.29, 0.717) is 18.6 Å². The lowest BCUT2D eigenvalue weighted by molar-refractivity contribution is -0.136. The van der Waals surface area contributed by atoms with Crippen molar-refractivity contribution in [3.63, 3.8) is 0 Å². The van der Waals surface area contributed by atoms with Crippen LogP contribution in [0.25, 0.3) is 0 Å². The minimum atomic E-state index is -0.0433. The van der Waals surface area contributed by atoms with Crippen LogP contribution in [0.2, 0.25) is 0 Å². The Balaban J connectivity index is 1.75. The number of nitrogens with one attached hydrogen (secondary N) is 2. The predicted octanol–water partition coefficient (Wildman–Crippen LogP) is -0.203. The molecule has 1 saturated carbocycles. The molecule has 6 nitrogen and oxygen atoms in total. The van der Waals surface area contributed by atoms with Gasteiger partial charge in [-0.3, -0.25) is 14.5 Å². The van der Waals surface area contributed by atoms with Gasteiger partial charge in [-0.25, -0.2) is 0 Å². The van der Waals surface area contributed by atoms with Gasteiger partial charge >= 0.3 is 0 Å². The first-order valence-corrected chi connectivity index (χ1v) is 8.08. The lowest BCUT2D eigenvalue weighted by atomic mass is 10.0. The SMILES string of the molecule is CCN(CC(=O)N(C)CC(=O)NC1CC1)C1CCNCC1. The van der Waals surface area contributed by atoms with Crippen LogP contribution in [0.1, 0.15) is 32.6 Å². The lowest BCUT2D eigenvalue weighted by Gasteiger charge is -2.34. The Morgan fingerprint density at radius 2 is 1.81 bits per heavy atom. The van der Waals surface area contributed by atoms with Gasteiger partial charge < -0.3 is 15.5 Å². The third kappa shape index (κ3) is 5.28. The highest BCUT2D eigenvalue weighted by molar-refractivity contribution is 5.85. The molecule has 0 aromatic rings. The molecule has 0 aromatic carbocycles. The monoisotopic (exact) mass is 296 g/mol. The Morgan fingerprint density at radius 3 is 2.38 bits per heavy atom. The number of nitrogens with zero attached hydrogens (tertiary/aromatic N) is 2. The van der Waals surface area contributed by atoms with Gasteiger partial charge in [-0.1, -0.05) is 6.92 Å². The second kappa shape index (κ2) is 7.75. The van der Waals surface area contributed by atoms with Crippen molar-refractivity contribution in [2.24, 2.45) is 0 Å². The first-order chi connectivity index (χ1) is 10.1. The summed E-state index contributed by atoms with van der Waals surface area (Å²) >= 11 is 0. The Kier molecular flexibility index (Phi) is 5.99. The summed E-state index contributed by atoms with van der Waals surface area (Å²) in [5.74, 6) is -0.0143. The molecule has 0 unspecified atom stereocenters. The molecule has 1 saturated heterocycles. The van der Waals surface area contributed by atoms with Crippen molar-refractivity contribution < 1.29 is 9.59 Å². The summed E-state index contributed by atoms with van der Waals surface area (Å²) in [7, 11) is 1.71. The third-order valence-electron chi connectivity index (χ3n) is 4.32. The number of hydrogen-bond donors (Lipinski definition) is 2. The van der Waals surface area contributed by atoms with Crippen LogP contribution in [0.3, 0.4) is 0 Å². The van der Waals surface area contributed by atoms with Crippen molar-refractivity contribution in [1.82, 2.24) is 20.4 Å². The van der Waals surface area contributed by atoms with Crippen LogP contribution >= 0.6 is 0 Å². The molecule has 0 spiro atoms. The summed E-state index contributed by atoms with van der Waals surface area (Å²) < 4.78 is 0. The molecule has 2 aliphatic rings. The zero-order valence-corrected chi connectivity index (χ0v) is 13.2. The first-order valence-electron chi connectivity index (χ1n) is 8.08. The Morgan fingerprint density at radius 1 is 1.14 bits per heavy atom.